The summed E-state index contributed by atoms with van der Waals surface area (Å²) < 4.78 is 5.68. The molecule has 2 rings (SSSR count). The highest BCUT2D eigenvalue weighted by atomic mass is 35.5. The van der Waals surface area contributed by atoms with Crippen LogP contribution >= 0.6 is 23.2 Å². The third-order valence-electron chi connectivity index (χ3n) is 2.71. The maximum absolute atomic E-state index is 10.7. The van der Waals surface area contributed by atoms with E-state index in [1.807, 2.05) is 13.0 Å². The number of aryl methyl sites for hydroxylation is 1. The number of non-ortho nitro benzene ring substituents is 1. The van der Waals surface area contributed by atoms with Gasteiger partial charge < -0.3 is 4.74 Å². The molecule has 0 aliphatic carbocycles. The molecule has 0 fully saturated rings. The highest BCUT2D eigenvalue weighted by Crippen LogP contribution is 2.34. The van der Waals surface area contributed by atoms with Crippen molar-refractivity contribution >= 4 is 28.9 Å². The number of rotatable bonds is 4. The molecule has 0 amide bonds. The van der Waals surface area contributed by atoms with Crippen molar-refractivity contribution in [3.63, 3.8) is 0 Å². The van der Waals surface area contributed by atoms with Gasteiger partial charge in [-0.05, 0) is 30.7 Å². The second-order valence-electron chi connectivity index (χ2n) is 4.22. The largest absolute Gasteiger partial charge is 0.455 e. The van der Waals surface area contributed by atoms with Gasteiger partial charge in [-0.25, -0.2) is 0 Å². The molecule has 0 atom stereocenters. The van der Waals surface area contributed by atoms with Gasteiger partial charge in [0, 0.05) is 17.7 Å². The fraction of sp³-hybridized carbons (Fsp3) is 0.143. The van der Waals surface area contributed by atoms with E-state index in [4.69, 9.17) is 27.9 Å². The average Bonchev–Trinajstić information content (AvgIpc) is 2.42. The van der Waals surface area contributed by atoms with Crippen molar-refractivity contribution in [3.8, 4) is 11.5 Å². The van der Waals surface area contributed by atoms with Crippen LogP contribution in [0, 0.1) is 17.0 Å². The van der Waals surface area contributed by atoms with Crippen molar-refractivity contribution < 1.29 is 9.66 Å². The van der Waals surface area contributed by atoms with E-state index in [2.05, 4.69) is 0 Å². The normalized spacial score (nSPS) is 10.3. The molecule has 0 aliphatic rings. The van der Waals surface area contributed by atoms with E-state index in [9.17, 15) is 10.1 Å². The van der Waals surface area contributed by atoms with Crippen LogP contribution < -0.4 is 4.74 Å². The van der Waals surface area contributed by atoms with Crippen molar-refractivity contribution in [2.24, 2.45) is 0 Å². The van der Waals surface area contributed by atoms with Crippen LogP contribution in [0.1, 0.15) is 11.1 Å². The Balaban J connectivity index is 2.35. The Labute approximate surface area is 126 Å². The Morgan fingerprint density at radius 1 is 1.20 bits per heavy atom. The smallest absolute Gasteiger partial charge is 0.270 e. The van der Waals surface area contributed by atoms with E-state index in [-0.39, 0.29) is 11.6 Å². The predicted molar refractivity (Wildman–Crippen MR) is 78.9 cm³/mol. The third-order valence-corrected chi connectivity index (χ3v) is 3.29. The van der Waals surface area contributed by atoms with Crippen LogP contribution in [0.15, 0.2) is 36.4 Å². The van der Waals surface area contributed by atoms with Gasteiger partial charge in [-0.2, -0.15) is 0 Å². The monoisotopic (exact) mass is 311 g/mol. The number of halogens is 2. The van der Waals surface area contributed by atoms with Crippen LogP contribution in [0.2, 0.25) is 5.02 Å². The maximum Gasteiger partial charge on any atom is 0.270 e. The van der Waals surface area contributed by atoms with Crippen molar-refractivity contribution in [1.82, 2.24) is 0 Å². The minimum absolute atomic E-state index is 0.0250. The van der Waals surface area contributed by atoms with Gasteiger partial charge in [0.15, 0.2) is 0 Å². The van der Waals surface area contributed by atoms with Crippen LogP contribution in [0.3, 0.4) is 0 Å². The van der Waals surface area contributed by atoms with Gasteiger partial charge in [0.25, 0.3) is 5.69 Å². The van der Waals surface area contributed by atoms with Crippen LogP contribution in [0.4, 0.5) is 5.69 Å². The number of nitro benzene ring substituents is 1. The molecule has 0 aromatic heterocycles. The summed E-state index contributed by atoms with van der Waals surface area (Å²) >= 11 is 11.9. The molecule has 0 bridgehead atoms. The molecular weight excluding hydrogens is 301 g/mol. The van der Waals surface area contributed by atoms with Gasteiger partial charge in [-0.1, -0.05) is 17.7 Å². The number of alkyl halides is 1. The van der Waals surface area contributed by atoms with Gasteiger partial charge in [-0.3, -0.25) is 10.1 Å². The minimum Gasteiger partial charge on any atom is -0.455 e. The second-order valence-corrected chi connectivity index (χ2v) is 4.89. The quantitative estimate of drug-likeness (QED) is 0.449. The Bertz CT molecular complexity index is 659. The molecule has 0 aliphatic heterocycles. The number of hydrogen-bond donors (Lipinski definition) is 0. The molecule has 2 aromatic carbocycles. The van der Waals surface area contributed by atoms with Gasteiger partial charge in [0.2, 0.25) is 0 Å². The molecule has 0 N–H and O–H groups in total. The summed E-state index contributed by atoms with van der Waals surface area (Å²) in [4.78, 5) is 10.3. The summed E-state index contributed by atoms with van der Waals surface area (Å²) in [5.41, 5.74) is 1.53. The first-order chi connectivity index (χ1) is 9.51. The summed E-state index contributed by atoms with van der Waals surface area (Å²) in [6, 6.07) is 9.68. The maximum atomic E-state index is 10.7. The molecule has 104 valence electrons. The van der Waals surface area contributed by atoms with Gasteiger partial charge >= 0.3 is 0 Å². The SMILES string of the molecule is Cc1ccc(Oc2ccc([N+](=O)[O-])cc2CCl)c(Cl)c1. The topological polar surface area (TPSA) is 52.4 Å². The van der Waals surface area contributed by atoms with E-state index in [0.717, 1.165) is 5.56 Å². The lowest BCUT2D eigenvalue weighted by Crippen LogP contribution is -1.94. The molecule has 0 saturated carbocycles. The van der Waals surface area contributed by atoms with Crippen LogP contribution in [-0.4, -0.2) is 4.92 Å². The highest BCUT2D eigenvalue weighted by molar-refractivity contribution is 6.32. The zero-order chi connectivity index (χ0) is 14.7. The Kier molecular flexibility index (Phi) is 4.47. The molecule has 0 unspecified atom stereocenters. The molecule has 2 aromatic rings. The van der Waals surface area contributed by atoms with Gasteiger partial charge in [0.1, 0.15) is 11.5 Å². The number of nitrogens with zero attached hydrogens (tertiary/aromatic N) is 1. The van der Waals surface area contributed by atoms with E-state index in [1.165, 1.54) is 18.2 Å². The Hall–Kier alpha value is -1.78. The number of hydrogen-bond acceptors (Lipinski definition) is 3. The van der Waals surface area contributed by atoms with E-state index < -0.39 is 4.92 Å². The zero-order valence-corrected chi connectivity index (χ0v) is 12.1. The zero-order valence-electron chi connectivity index (χ0n) is 10.6. The first-order valence-electron chi connectivity index (χ1n) is 5.78. The molecule has 20 heavy (non-hydrogen) atoms. The molecular formula is C14H11Cl2NO3. The fourth-order valence-corrected chi connectivity index (χ4v) is 2.17. The first kappa shape index (κ1) is 14.6. The summed E-state index contributed by atoms with van der Waals surface area (Å²) in [7, 11) is 0. The first-order valence-corrected chi connectivity index (χ1v) is 6.70. The molecule has 0 spiro atoms. The van der Waals surface area contributed by atoms with E-state index in [0.29, 0.717) is 22.1 Å². The summed E-state index contributed by atoms with van der Waals surface area (Å²) in [6.07, 6.45) is 0. The van der Waals surface area contributed by atoms with Crippen molar-refractivity contribution in [3.05, 3.63) is 62.7 Å². The molecule has 0 radical (unpaired) electrons. The van der Waals surface area contributed by atoms with Gasteiger partial charge in [-0.15, -0.1) is 11.6 Å². The number of nitro groups is 1. The number of ether oxygens (including phenoxy) is 1. The van der Waals surface area contributed by atoms with E-state index in [1.54, 1.807) is 12.1 Å². The van der Waals surface area contributed by atoms with Crippen molar-refractivity contribution in [2.75, 3.05) is 0 Å². The fourth-order valence-electron chi connectivity index (χ4n) is 1.69. The summed E-state index contributed by atoms with van der Waals surface area (Å²) in [5.74, 6) is 1.05. The van der Waals surface area contributed by atoms with Crippen molar-refractivity contribution in [2.45, 2.75) is 12.8 Å². The lowest BCUT2D eigenvalue weighted by molar-refractivity contribution is -0.384. The van der Waals surface area contributed by atoms with E-state index >= 15 is 0 Å². The second kappa shape index (κ2) is 6.11. The summed E-state index contributed by atoms with van der Waals surface area (Å²) in [5, 5.41) is 11.2. The third kappa shape index (κ3) is 3.21. The van der Waals surface area contributed by atoms with Crippen LogP contribution in [0.5, 0.6) is 11.5 Å². The predicted octanol–water partition coefficient (Wildman–Crippen LogP) is 5.09. The molecule has 4 nitrogen and oxygen atoms in total. The van der Waals surface area contributed by atoms with Crippen LogP contribution in [-0.2, 0) is 5.88 Å². The highest BCUT2D eigenvalue weighted by Gasteiger charge is 2.13. The molecule has 0 heterocycles. The Morgan fingerprint density at radius 3 is 2.50 bits per heavy atom. The number of benzene rings is 2. The Morgan fingerprint density at radius 2 is 1.90 bits per heavy atom. The standard InChI is InChI=1S/C14H11Cl2NO3/c1-9-2-4-14(12(16)6-9)20-13-5-3-11(17(18)19)7-10(13)8-15/h2-7H,8H2,1H3. The minimum atomic E-state index is -0.474. The van der Waals surface area contributed by atoms with Gasteiger partial charge in [0.05, 0.1) is 15.8 Å². The summed E-state index contributed by atoms with van der Waals surface area (Å²) in [6.45, 7) is 1.92. The lowest BCUT2D eigenvalue weighted by atomic mass is 10.2. The molecule has 0 saturated heterocycles. The molecule has 6 heteroatoms. The lowest BCUT2D eigenvalue weighted by Gasteiger charge is -2.11. The van der Waals surface area contributed by atoms with Crippen molar-refractivity contribution in [1.29, 1.82) is 0 Å². The average molecular weight is 312 g/mol. The van der Waals surface area contributed by atoms with Crippen LogP contribution in [0.25, 0.3) is 0 Å².